The zero-order chi connectivity index (χ0) is 59.0. The van der Waals surface area contributed by atoms with E-state index in [-0.39, 0.29) is 35.3 Å². The minimum Gasteiger partial charge on any atom is -0.455 e. The van der Waals surface area contributed by atoms with Gasteiger partial charge in [-0.1, -0.05) is 163 Å². The van der Waals surface area contributed by atoms with Crippen LogP contribution in [0, 0.1) is 6.92 Å². The molecule has 0 saturated heterocycles. The Balaban J connectivity index is 0.880. The minimum absolute atomic E-state index is 0.0846. The Kier molecular flexibility index (Phi) is 7.93. The van der Waals surface area contributed by atoms with Crippen molar-refractivity contribution in [2.75, 3.05) is 9.80 Å². The molecular weight excluding hydrogens is 927 g/mol. The number of nitrogens with zero attached hydrogens (tertiary/aromatic N) is 3. The van der Waals surface area contributed by atoms with Crippen LogP contribution in [0.5, 0.6) is 0 Å². The Morgan fingerprint density at radius 2 is 0.855 bits per heavy atom. The summed E-state index contributed by atoms with van der Waals surface area (Å²) in [4.78, 5) is 4.43. The fraction of sp³-hybridized carbons (Fsp3) is 0.0141. The fourth-order valence-corrected chi connectivity index (χ4v) is 11.0. The maximum atomic E-state index is 8.79. The second-order valence-corrected chi connectivity index (χ2v) is 19.0. The average Bonchev–Trinajstić information content (AvgIpc) is 1.66. The lowest BCUT2D eigenvalue weighted by atomic mass is 10.0. The summed E-state index contributed by atoms with van der Waals surface area (Å²) in [7, 11) is 0. The molecule has 5 heteroatoms. The lowest BCUT2D eigenvalue weighted by Gasteiger charge is -2.26. The lowest BCUT2D eigenvalue weighted by Crippen LogP contribution is -2.10. The maximum absolute atomic E-state index is 8.79. The molecule has 0 radical (unpaired) electrons. The molecule has 76 heavy (non-hydrogen) atoms. The van der Waals surface area contributed by atoms with E-state index < -0.39 is 36.3 Å². The summed E-state index contributed by atoms with van der Waals surface area (Å²) >= 11 is 0. The molecule has 0 atom stereocenters. The molecule has 0 aliphatic heterocycles. The van der Waals surface area contributed by atoms with Crippen molar-refractivity contribution in [1.29, 1.82) is 0 Å². The molecule has 3 heterocycles. The molecule has 0 N–H and O–H groups in total. The van der Waals surface area contributed by atoms with Gasteiger partial charge in [-0.05, 0) is 138 Å². The number of hydrogen-bond acceptors (Lipinski definition) is 4. The lowest BCUT2D eigenvalue weighted by molar-refractivity contribution is 0.669. The predicted octanol–water partition coefficient (Wildman–Crippen LogP) is 20.3. The molecule has 0 fully saturated rings. The van der Waals surface area contributed by atoms with Crippen molar-refractivity contribution in [2.45, 2.75) is 6.92 Å². The molecule has 0 saturated carbocycles. The molecule has 0 spiro atoms. The van der Waals surface area contributed by atoms with E-state index in [4.69, 9.17) is 22.5 Å². The first-order valence-corrected chi connectivity index (χ1v) is 25.1. The third-order valence-corrected chi connectivity index (χ3v) is 14.5. The highest BCUT2D eigenvalue weighted by atomic mass is 16.3. The van der Waals surface area contributed by atoms with E-state index in [2.05, 4.69) is 130 Å². The SMILES string of the molecule is [2H]c1c([2H])c([2H])c(-c2cccc3c2oc2ccc(N(c4ccccc4)c4ccc5cc6c7ccc(N(c8ccccc8)c8ccc9oc%10c(-c%11c([2H])c([2H])c([2H])c([2H])c%11[2H])cccc%10c9c8)cc7n(-c7ccc(C)cc7)c6cc5c4)cc23)c([2H])c1[2H]. The van der Waals surface area contributed by atoms with Gasteiger partial charge in [0.05, 0.1) is 24.7 Å². The third-order valence-electron chi connectivity index (χ3n) is 14.5. The van der Waals surface area contributed by atoms with Gasteiger partial charge in [0.15, 0.2) is 0 Å². The van der Waals surface area contributed by atoms with Crippen LogP contribution in [0.15, 0.2) is 276 Å². The van der Waals surface area contributed by atoms with E-state index in [1.165, 1.54) is 0 Å². The van der Waals surface area contributed by atoms with Crippen molar-refractivity contribution < 1.29 is 22.5 Å². The Morgan fingerprint density at radius 1 is 0.355 bits per heavy atom. The second-order valence-electron chi connectivity index (χ2n) is 19.0. The fourth-order valence-electron chi connectivity index (χ4n) is 11.0. The molecule has 5 nitrogen and oxygen atoms in total. The van der Waals surface area contributed by atoms with Crippen LogP contribution in [-0.4, -0.2) is 4.57 Å². The molecule has 12 aromatic carbocycles. The molecule has 0 unspecified atom stereocenters. The smallest absolute Gasteiger partial charge is 0.143 e. The van der Waals surface area contributed by atoms with E-state index in [1.807, 2.05) is 84.9 Å². The normalized spacial score (nSPS) is 13.6. The number of aryl methyl sites for hydroxylation is 1. The van der Waals surface area contributed by atoms with Gasteiger partial charge in [0.25, 0.3) is 0 Å². The summed E-state index contributed by atoms with van der Waals surface area (Å²) in [5.74, 6) is 0. The molecule has 3 aromatic heterocycles. The van der Waals surface area contributed by atoms with Crippen molar-refractivity contribution >= 4 is 111 Å². The molecule has 358 valence electrons. The Bertz CT molecular complexity index is 5270. The Labute approximate surface area is 453 Å². The number of aromatic nitrogens is 1. The van der Waals surface area contributed by atoms with Crippen molar-refractivity contribution in [3.63, 3.8) is 0 Å². The van der Waals surface area contributed by atoms with Gasteiger partial charge in [-0.15, -0.1) is 0 Å². The zero-order valence-electron chi connectivity index (χ0n) is 50.8. The first-order chi connectivity index (χ1) is 41.7. The van der Waals surface area contributed by atoms with Crippen LogP contribution >= 0.6 is 0 Å². The quantitative estimate of drug-likeness (QED) is 0.144. The Hall–Kier alpha value is -10.1. The van der Waals surface area contributed by atoms with Gasteiger partial charge in [-0.3, -0.25) is 0 Å². The van der Waals surface area contributed by atoms with Gasteiger partial charge in [0, 0.05) is 83.3 Å². The van der Waals surface area contributed by atoms with Gasteiger partial charge in [0.2, 0.25) is 0 Å². The standard InChI is InChI=1S/C71H47N3O2/c1-46-28-31-53(32-29-46)74-66-42-50-40-54(72(51-20-10-4-11-21-51)55-35-38-68-64(43-55)61-26-14-24-58(70(61)75-68)47-16-6-2-7-17-47)33-30-49(50)41-63(66)60-37-34-57(45-67(60)74)73(52-22-12-5-13-23-52)56-36-39-69-65(44-56)62-27-15-25-59(71(62)76-69)48-18-8-3-9-19-48/h2-45H,1H3/i2D,3D,6D,7D,8D,9D,16D,17D,18D,19D. The Morgan fingerprint density at radius 3 is 1.42 bits per heavy atom. The molecule has 15 aromatic rings. The van der Waals surface area contributed by atoms with Crippen LogP contribution in [0.3, 0.4) is 0 Å². The van der Waals surface area contributed by atoms with Crippen molar-refractivity contribution in [2.24, 2.45) is 0 Å². The first kappa shape index (κ1) is 34.3. The van der Waals surface area contributed by atoms with Crippen LogP contribution in [0.2, 0.25) is 0 Å². The van der Waals surface area contributed by atoms with Gasteiger partial charge in [0.1, 0.15) is 22.3 Å². The zero-order valence-corrected chi connectivity index (χ0v) is 40.8. The topological polar surface area (TPSA) is 37.7 Å². The molecule has 15 rings (SSSR count). The van der Waals surface area contributed by atoms with E-state index in [9.17, 15) is 0 Å². The third kappa shape index (κ3) is 7.16. The monoisotopic (exact) mass is 983 g/mol. The van der Waals surface area contributed by atoms with Crippen LogP contribution in [0.4, 0.5) is 34.1 Å². The van der Waals surface area contributed by atoms with Gasteiger partial charge >= 0.3 is 0 Å². The van der Waals surface area contributed by atoms with Crippen LogP contribution in [0.1, 0.15) is 19.3 Å². The summed E-state index contributed by atoms with van der Waals surface area (Å²) in [5, 5.41) is 7.34. The van der Waals surface area contributed by atoms with E-state index in [1.54, 1.807) is 12.1 Å². The van der Waals surface area contributed by atoms with Gasteiger partial charge < -0.3 is 23.2 Å². The summed E-state index contributed by atoms with van der Waals surface area (Å²) < 4.78 is 101. The summed E-state index contributed by atoms with van der Waals surface area (Å²) in [6.07, 6.45) is 0. The van der Waals surface area contributed by atoms with Crippen molar-refractivity contribution in [3.05, 3.63) is 272 Å². The first-order valence-electron chi connectivity index (χ1n) is 30.1. The highest BCUT2D eigenvalue weighted by Gasteiger charge is 2.22. The number of rotatable bonds is 9. The number of furan rings is 2. The number of anilines is 6. The van der Waals surface area contributed by atoms with Gasteiger partial charge in [-0.2, -0.15) is 0 Å². The second kappa shape index (κ2) is 17.5. The largest absolute Gasteiger partial charge is 0.455 e. The summed E-state index contributed by atoms with van der Waals surface area (Å²) in [6.45, 7) is 2.09. The van der Waals surface area contributed by atoms with Gasteiger partial charge in [-0.25, -0.2) is 0 Å². The molecule has 0 bridgehead atoms. The number of fused-ring (bicyclic) bond motifs is 10. The van der Waals surface area contributed by atoms with E-state index in [0.717, 1.165) is 99.5 Å². The van der Waals surface area contributed by atoms with Crippen molar-refractivity contribution in [1.82, 2.24) is 4.57 Å². The summed E-state index contributed by atoms with van der Waals surface area (Å²) in [6, 6.07) is 66.0. The highest BCUT2D eigenvalue weighted by Crippen LogP contribution is 2.46. The van der Waals surface area contributed by atoms with Crippen LogP contribution < -0.4 is 9.80 Å². The number of benzene rings is 12. The molecule has 0 amide bonds. The molecule has 0 aliphatic rings. The number of hydrogen-bond donors (Lipinski definition) is 0. The average molecular weight is 984 g/mol. The van der Waals surface area contributed by atoms with Crippen LogP contribution in [-0.2, 0) is 0 Å². The highest BCUT2D eigenvalue weighted by molar-refractivity contribution is 6.16. The molecular formula is C71H47N3O2. The minimum atomic E-state index is -0.450. The van der Waals surface area contributed by atoms with E-state index in [0.29, 0.717) is 33.5 Å². The predicted molar refractivity (Wildman–Crippen MR) is 318 cm³/mol. The summed E-state index contributed by atoms with van der Waals surface area (Å²) in [5.41, 5.74) is 12.6. The van der Waals surface area contributed by atoms with Crippen molar-refractivity contribution in [3.8, 4) is 27.9 Å². The van der Waals surface area contributed by atoms with Crippen LogP contribution in [0.25, 0.3) is 104 Å². The maximum Gasteiger partial charge on any atom is 0.143 e. The molecule has 0 aliphatic carbocycles. The number of para-hydroxylation sites is 4. The van der Waals surface area contributed by atoms with E-state index >= 15 is 0 Å².